The highest BCUT2D eigenvalue weighted by atomic mass is 15.2. The zero-order valence-corrected chi connectivity index (χ0v) is 13.7. The summed E-state index contributed by atoms with van der Waals surface area (Å²) in [6.45, 7) is 17.0. The number of piperidine rings is 1. The van der Waals surface area contributed by atoms with Crippen LogP contribution in [0.2, 0.25) is 0 Å². The Morgan fingerprint density at radius 3 is 2.47 bits per heavy atom. The van der Waals surface area contributed by atoms with Gasteiger partial charge in [0.2, 0.25) is 0 Å². The monoisotopic (exact) mass is 269 g/mol. The van der Waals surface area contributed by atoms with Crippen molar-refractivity contribution in [1.82, 2.24) is 10.2 Å². The molecule has 1 rings (SSSR count). The summed E-state index contributed by atoms with van der Waals surface area (Å²) >= 11 is 0. The molecule has 1 heterocycles. The topological polar surface area (TPSA) is 41.3 Å². The van der Waals surface area contributed by atoms with Gasteiger partial charge in [-0.05, 0) is 36.6 Å². The molecule has 0 radical (unpaired) electrons. The molecular weight excluding hydrogens is 234 g/mol. The van der Waals surface area contributed by atoms with Crippen LogP contribution in [0.5, 0.6) is 0 Å². The van der Waals surface area contributed by atoms with Gasteiger partial charge in [-0.1, -0.05) is 34.6 Å². The van der Waals surface area contributed by atoms with Gasteiger partial charge in [0.05, 0.1) is 0 Å². The molecule has 0 spiro atoms. The molecule has 2 atom stereocenters. The van der Waals surface area contributed by atoms with Crippen LogP contribution in [0, 0.1) is 17.3 Å². The van der Waals surface area contributed by atoms with Gasteiger partial charge in [0.1, 0.15) is 0 Å². The van der Waals surface area contributed by atoms with Crippen LogP contribution >= 0.6 is 0 Å². The normalized spacial score (nSPS) is 26.1. The molecule has 0 bridgehead atoms. The minimum absolute atomic E-state index is 0.430. The Morgan fingerprint density at radius 1 is 1.26 bits per heavy atom. The van der Waals surface area contributed by atoms with Crippen molar-refractivity contribution < 1.29 is 0 Å². The van der Waals surface area contributed by atoms with Crippen molar-refractivity contribution in [3.8, 4) is 0 Å². The van der Waals surface area contributed by atoms with Crippen molar-refractivity contribution in [2.45, 2.75) is 53.5 Å². The highest BCUT2D eigenvalue weighted by Crippen LogP contribution is 2.30. The maximum absolute atomic E-state index is 5.74. The Labute approximate surface area is 120 Å². The molecule has 1 aliphatic heterocycles. The molecule has 19 heavy (non-hydrogen) atoms. The van der Waals surface area contributed by atoms with Gasteiger partial charge in [0.15, 0.2) is 0 Å². The van der Waals surface area contributed by atoms with Gasteiger partial charge in [-0.25, -0.2) is 0 Å². The fourth-order valence-electron chi connectivity index (χ4n) is 3.23. The summed E-state index contributed by atoms with van der Waals surface area (Å²) in [6.07, 6.45) is 2.64. The average Bonchev–Trinajstić information content (AvgIpc) is 2.24. The minimum atomic E-state index is 0.430. The van der Waals surface area contributed by atoms with Crippen molar-refractivity contribution in [2.24, 2.45) is 23.0 Å². The minimum Gasteiger partial charge on any atom is -0.329 e. The number of hydrogen-bond donors (Lipinski definition) is 2. The molecule has 0 saturated carbocycles. The van der Waals surface area contributed by atoms with E-state index in [2.05, 4.69) is 44.8 Å². The molecular formula is C16H35N3. The van der Waals surface area contributed by atoms with Crippen LogP contribution in [0.3, 0.4) is 0 Å². The zero-order chi connectivity index (χ0) is 14.5. The van der Waals surface area contributed by atoms with Crippen LogP contribution in [-0.4, -0.2) is 43.7 Å². The molecule has 3 N–H and O–H groups in total. The van der Waals surface area contributed by atoms with Crippen molar-refractivity contribution in [2.75, 3.05) is 32.7 Å². The molecule has 0 aliphatic carbocycles. The first kappa shape index (κ1) is 16.9. The van der Waals surface area contributed by atoms with E-state index in [0.717, 1.165) is 31.5 Å². The number of nitrogens with one attached hydrogen (secondary N) is 1. The summed E-state index contributed by atoms with van der Waals surface area (Å²) in [5.74, 6) is 1.54. The van der Waals surface area contributed by atoms with Crippen LogP contribution in [0.4, 0.5) is 0 Å². The molecule has 3 nitrogen and oxygen atoms in total. The third-order valence-electron chi connectivity index (χ3n) is 3.77. The lowest BCUT2D eigenvalue weighted by Crippen LogP contribution is -2.51. The molecule has 1 saturated heterocycles. The van der Waals surface area contributed by atoms with Gasteiger partial charge < -0.3 is 16.0 Å². The van der Waals surface area contributed by atoms with Crippen LogP contribution in [0.15, 0.2) is 0 Å². The largest absolute Gasteiger partial charge is 0.329 e. The highest BCUT2D eigenvalue weighted by Gasteiger charge is 2.29. The van der Waals surface area contributed by atoms with Gasteiger partial charge in [0.25, 0.3) is 0 Å². The number of nitrogens with two attached hydrogens (primary N) is 1. The average molecular weight is 269 g/mol. The summed E-state index contributed by atoms with van der Waals surface area (Å²) in [6, 6.07) is 0.648. The lowest BCUT2D eigenvalue weighted by molar-refractivity contribution is 0.115. The van der Waals surface area contributed by atoms with E-state index in [1.165, 1.54) is 25.9 Å². The third-order valence-corrected chi connectivity index (χ3v) is 3.77. The molecule has 3 heteroatoms. The predicted molar refractivity (Wildman–Crippen MR) is 84.3 cm³/mol. The molecule has 0 aromatic rings. The van der Waals surface area contributed by atoms with Gasteiger partial charge >= 0.3 is 0 Å². The van der Waals surface area contributed by atoms with Crippen molar-refractivity contribution in [3.05, 3.63) is 0 Å². The van der Waals surface area contributed by atoms with E-state index < -0.39 is 0 Å². The first-order valence-corrected chi connectivity index (χ1v) is 7.96. The number of hydrogen-bond acceptors (Lipinski definition) is 3. The summed E-state index contributed by atoms with van der Waals surface area (Å²) in [5.41, 5.74) is 6.17. The Kier molecular flexibility index (Phi) is 6.78. The molecule has 0 aromatic carbocycles. The molecule has 2 unspecified atom stereocenters. The van der Waals surface area contributed by atoms with E-state index in [4.69, 9.17) is 5.73 Å². The van der Waals surface area contributed by atoms with E-state index in [0.29, 0.717) is 11.5 Å². The lowest BCUT2D eigenvalue weighted by atomic mass is 9.80. The van der Waals surface area contributed by atoms with Crippen LogP contribution in [-0.2, 0) is 0 Å². The van der Waals surface area contributed by atoms with Gasteiger partial charge in [-0.15, -0.1) is 0 Å². The number of likely N-dealkylation sites (tertiary alicyclic amines) is 1. The van der Waals surface area contributed by atoms with Crippen LogP contribution < -0.4 is 11.1 Å². The maximum Gasteiger partial charge on any atom is 0.0198 e. The predicted octanol–water partition coefficient (Wildman–Crippen LogP) is 2.32. The standard InChI is InChI=1S/C16H35N3/c1-13(2)10-18-15-8-14(9-16(3,4)5)11-19(12-15)7-6-17/h13-15,18H,6-12,17H2,1-5H3. The van der Waals surface area contributed by atoms with E-state index in [-0.39, 0.29) is 0 Å². The van der Waals surface area contributed by atoms with Crippen molar-refractivity contribution in [1.29, 1.82) is 0 Å². The highest BCUT2D eigenvalue weighted by molar-refractivity contribution is 4.85. The van der Waals surface area contributed by atoms with Crippen molar-refractivity contribution >= 4 is 0 Å². The van der Waals surface area contributed by atoms with Crippen molar-refractivity contribution in [3.63, 3.8) is 0 Å². The molecule has 0 amide bonds. The zero-order valence-electron chi connectivity index (χ0n) is 13.7. The van der Waals surface area contributed by atoms with Crippen LogP contribution in [0.25, 0.3) is 0 Å². The maximum atomic E-state index is 5.74. The Balaban J connectivity index is 2.52. The van der Waals surface area contributed by atoms with Gasteiger partial charge in [-0.3, -0.25) is 0 Å². The second-order valence-electron chi connectivity index (χ2n) is 7.91. The molecule has 1 aliphatic rings. The lowest BCUT2D eigenvalue weighted by Gasteiger charge is -2.40. The van der Waals surface area contributed by atoms with Gasteiger partial charge in [-0.2, -0.15) is 0 Å². The summed E-state index contributed by atoms with van der Waals surface area (Å²) in [7, 11) is 0. The van der Waals surface area contributed by atoms with E-state index in [1.54, 1.807) is 0 Å². The quantitative estimate of drug-likeness (QED) is 0.777. The number of nitrogens with zero attached hydrogens (tertiary/aromatic N) is 1. The van der Waals surface area contributed by atoms with E-state index >= 15 is 0 Å². The van der Waals surface area contributed by atoms with Gasteiger partial charge in [0, 0.05) is 32.2 Å². The molecule has 0 aromatic heterocycles. The fraction of sp³-hybridized carbons (Fsp3) is 1.00. The van der Waals surface area contributed by atoms with Crippen LogP contribution in [0.1, 0.15) is 47.5 Å². The summed E-state index contributed by atoms with van der Waals surface area (Å²) in [4.78, 5) is 2.55. The first-order valence-electron chi connectivity index (χ1n) is 7.96. The Morgan fingerprint density at radius 2 is 1.95 bits per heavy atom. The number of rotatable bonds is 6. The summed E-state index contributed by atoms with van der Waals surface area (Å²) < 4.78 is 0. The SMILES string of the molecule is CC(C)CNC1CC(CC(C)(C)C)CN(CCN)C1. The second kappa shape index (κ2) is 7.61. The fourth-order valence-corrected chi connectivity index (χ4v) is 3.23. The Hall–Kier alpha value is -0.120. The Bertz CT molecular complexity index is 245. The smallest absolute Gasteiger partial charge is 0.0198 e. The summed E-state index contributed by atoms with van der Waals surface area (Å²) in [5, 5.41) is 3.74. The second-order valence-corrected chi connectivity index (χ2v) is 7.91. The van der Waals surface area contributed by atoms with E-state index in [1.807, 2.05) is 0 Å². The first-order chi connectivity index (χ1) is 8.80. The molecule has 114 valence electrons. The van der Waals surface area contributed by atoms with E-state index in [9.17, 15) is 0 Å². The molecule has 1 fully saturated rings. The third kappa shape index (κ3) is 7.28.